The fourth-order valence-corrected chi connectivity index (χ4v) is 3.58. The Morgan fingerprint density at radius 1 is 1.26 bits per heavy atom. The molecule has 1 aliphatic heterocycles. The Bertz CT molecular complexity index is 606. The molecule has 1 unspecified atom stereocenters. The monoisotopic (exact) mass is 342 g/mol. The predicted octanol–water partition coefficient (Wildman–Crippen LogP) is 0.702. The largest absolute Gasteiger partial charge is 0.491 e. The second-order valence-corrected chi connectivity index (χ2v) is 8.08. The lowest BCUT2D eigenvalue weighted by atomic mass is 10.2. The van der Waals surface area contributed by atoms with Crippen molar-refractivity contribution in [3.05, 3.63) is 29.8 Å². The van der Waals surface area contributed by atoms with Crippen LogP contribution in [0.25, 0.3) is 0 Å². The highest BCUT2D eigenvalue weighted by Gasteiger charge is 2.22. The van der Waals surface area contributed by atoms with E-state index in [0.717, 1.165) is 24.3 Å². The van der Waals surface area contributed by atoms with E-state index in [-0.39, 0.29) is 6.61 Å². The summed E-state index contributed by atoms with van der Waals surface area (Å²) in [5.41, 5.74) is 1.12. The van der Waals surface area contributed by atoms with E-state index in [9.17, 15) is 13.5 Å². The SMILES string of the molecule is Cc1cccc(OCC(O)CN2CCCN(S(C)(=O)=O)CC2)c1. The van der Waals surface area contributed by atoms with Crippen LogP contribution in [0, 0.1) is 6.92 Å². The van der Waals surface area contributed by atoms with Gasteiger partial charge in [0.05, 0.1) is 6.26 Å². The standard InChI is InChI=1S/C16H26N2O4S/c1-14-5-3-6-16(11-14)22-13-15(19)12-17-7-4-8-18(10-9-17)23(2,20)21/h3,5-6,11,15,19H,4,7-10,12-13H2,1-2H3. The zero-order chi connectivity index (χ0) is 16.9. The van der Waals surface area contributed by atoms with E-state index < -0.39 is 16.1 Å². The molecule has 1 aromatic carbocycles. The van der Waals surface area contributed by atoms with Crippen LogP contribution in [0.1, 0.15) is 12.0 Å². The van der Waals surface area contributed by atoms with Crippen LogP contribution >= 0.6 is 0 Å². The number of aliphatic hydroxyl groups excluding tert-OH is 1. The number of rotatable bonds is 6. The fraction of sp³-hybridized carbons (Fsp3) is 0.625. The second-order valence-electron chi connectivity index (χ2n) is 6.10. The third-order valence-electron chi connectivity index (χ3n) is 3.92. The van der Waals surface area contributed by atoms with E-state index in [0.29, 0.717) is 26.2 Å². The molecule has 7 heteroatoms. The fourth-order valence-electron chi connectivity index (χ4n) is 2.71. The van der Waals surface area contributed by atoms with E-state index in [2.05, 4.69) is 4.90 Å². The van der Waals surface area contributed by atoms with Gasteiger partial charge in [-0.1, -0.05) is 12.1 Å². The van der Waals surface area contributed by atoms with Gasteiger partial charge < -0.3 is 9.84 Å². The lowest BCUT2D eigenvalue weighted by Gasteiger charge is -2.23. The molecule has 130 valence electrons. The summed E-state index contributed by atoms with van der Waals surface area (Å²) in [7, 11) is -3.13. The number of hydrogen-bond acceptors (Lipinski definition) is 5. The first kappa shape index (κ1) is 18.2. The Morgan fingerprint density at radius 2 is 2.04 bits per heavy atom. The van der Waals surface area contributed by atoms with Crippen LogP contribution < -0.4 is 4.74 Å². The molecule has 0 amide bonds. The summed E-state index contributed by atoms with van der Waals surface area (Å²) in [6, 6.07) is 7.72. The van der Waals surface area contributed by atoms with Crippen LogP contribution in [0.2, 0.25) is 0 Å². The summed E-state index contributed by atoms with van der Waals surface area (Å²) in [5, 5.41) is 10.2. The van der Waals surface area contributed by atoms with Crippen molar-refractivity contribution in [3.63, 3.8) is 0 Å². The van der Waals surface area contributed by atoms with Crippen LogP contribution in [0.3, 0.4) is 0 Å². The minimum absolute atomic E-state index is 0.232. The highest BCUT2D eigenvalue weighted by atomic mass is 32.2. The predicted molar refractivity (Wildman–Crippen MR) is 90.2 cm³/mol. The van der Waals surface area contributed by atoms with Crippen molar-refractivity contribution in [2.24, 2.45) is 0 Å². The van der Waals surface area contributed by atoms with Crippen molar-refractivity contribution in [2.75, 3.05) is 45.6 Å². The molecule has 1 aliphatic rings. The Labute approximate surface area is 138 Å². The van der Waals surface area contributed by atoms with Crippen LogP contribution in [-0.2, 0) is 10.0 Å². The molecule has 0 radical (unpaired) electrons. The van der Waals surface area contributed by atoms with Crippen molar-refractivity contribution >= 4 is 10.0 Å². The number of β-amino-alcohol motifs (C(OH)–C–C–N with tert-alkyl or cyclic N) is 1. The van der Waals surface area contributed by atoms with E-state index in [1.165, 1.54) is 10.6 Å². The number of sulfonamides is 1. The van der Waals surface area contributed by atoms with E-state index in [1.807, 2.05) is 31.2 Å². The van der Waals surface area contributed by atoms with Gasteiger partial charge in [-0.25, -0.2) is 12.7 Å². The quantitative estimate of drug-likeness (QED) is 0.824. The summed E-state index contributed by atoms with van der Waals surface area (Å²) < 4.78 is 30.3. The van der Waals surface area contributed by atoms with Gasteiger partial charge in [0.25, 0.3) is 0 Å². The van der Waals surface area contributed by atoms with Gasteiger partial charge in [-0.05, 0) is 37.6 Å². The van der Waals surface area contributed by atoms with Gasteiger partial charge in [-0.2, -0.15) is 0 Å². The first-order chi connectivity index (χ1) is 10.8. The van der Waals surface area contributed by atoms with Gasteiger partial charge >= 0.3 is 0 Å². The molecule has 23 heavy (non-hydrogen) atoms. The minimum Gasteiger partial charge on any atom is -0.491 e. The Morgan fingerprint density at radius 3 is 2.74 bits per heavy atom. The molecule has 1 atom stereocenters. The molecule has 1 N–H and O–H groups in total. The van der Waals surface area contributed by atoms with E-state index >= 15 is 0 Å². The molecule has 6 nitrogen and oxygen atoms in total. The smallest absolute Gasteiger partial charge is 0.211 e. The summed E-state index contributed by atoms with van der Waals surface area (Å²) in [6.07, 6.45) is 1.42. The lowest BCUT2D eigenvalue weighted by Crippen LogP contribution is -2.39. The van der Waals surface area contributed by atoms with Crippen LogP contribution in [0.4, 0.5) is 0 Å². The highest BCUT2D eigenvalue weighted by Crippen LogP contribution is 2.13. The number of ether oxygens (including phenoxy) is 1. The molecule has 0 aliphatic carbocycles. The molecule has 2 rings (SSSR count). The maximum atomic E-state index is 11.6. The molecule has 1 aromatic rings. The summed E-state index contributed by atoms with van der Waals surface area (Å²) in [5.74, 6) is 0.753. The van der Waals surface area contributed by atoms with Gasteiger partial charge in [0, 0.05) is 26.2 Å². The zero-order valence-corrected chi connectivity index (χ0v) is 14.6. The van der Waals surface area contributed by atoms with Gasteiger partial charge in [0.2, 0.25) is 10.0 Å². The Balaban J connectivity index is 1.78. The second kappa shape index (κ2) is 8.10. The molecule has 0 spiro atoms. The van der Waals surface area contributed by atoms with Crippen LogP contribution in [0.5, 0.6) is 5.75 Å². The van der Waals surface area contributed by atoms with Crippen molar-refractivity contribution in [1.82, 2.24) is 9.21 Å². The number of hydrogen-bond donors (Lipinski definition) is 1. The van der Waals surface area contributed by atoms with Gasteiger partial charge in [-0.15, -0.1) is 0 Å². The maximum absolute atomic E-state index is 11.6. The van der Waals surface area contributed by atoms with Crippen molar-refractivity contribution in [2.45, 2.75) is 19.4 Å². The lowest BCUT2D eigenvalue weighted by molar-refractivity contribution is 0.0699. The molecule has 1 heterocycles. The summed E-state index contributed by atoms with van der Waals surface area (Å²) in [4.78, 5) is 2.09. The summed E-state index contributed by atoms with van der Waals surface area (Å²) in [6.45, 7) is 5.16. The Kier molecular flexibility index (Phi) is 6.41. The first-order valence-corrected chi connectivity index (χ1v) is 9.74. The van der Waals surface area contributed by atoms with Crippen molar-refractivity contribution in [3.8, 4) is 5.75 Å². The normalized spacial score (nSPS) is 19.3. The summed E-state index contributed by atoms with van der Waals surface area (Å²) >= 11 is 0. The van der Waals surface area contributed by atoms with Gasteiger partial charge in [-0.3, -0.25) is 4.90 Å². The molecule has 0 aromatic heterocycles. The molecular formula is C16H26N2O4S. The van der Waals surface area contributed by atoms with E-state index in [4.69, 9.17) is 4.74 Å². The minimum atomic E-state index is -3.13. The van der Waals surface area contributed by atoms with Gasteiger partial charge in [0.15, 0.2) is 0 Å². The average Bonchev–Trinajstić information content (AvgIpc) is 2.70. The number of benzene rings is 1. The zero-order valence-electron chi connectivity index (χ0n) is 13.8. The van der Waals surface area contributed by atoms with Gasteiger partial charge in [0.1, 0.15) is 18.5 Å². The molecule has 0 bridgehead atoms. The molecule has 1 saturated heterocycles. The molecular weight excluding hydrogens is 316 g/mol. The first-order valence-electron chi connectivity index (χ1n) is 7.89. The van der Waals surface area contributed by atoms with E-state index in [1.54, 1.807) is 0 Å². The van der Waals surface area contributed by atoms with Crippen molar-refractivity contribution in [1.29, 1.82) is 0 Å². The van der Waals surface area contributed by atoms with Crippen LogP contribution in [0.15, 0.2) is 24.3 Å². The number of nitrogens with zero attached hydrogens (tertiary/aromatic N) is 2. The average molecular weight is 342 g/mol. The topological polar surface area (TPSA) is 70.1 Å². The highest BCUT2D eigenvalue weighted by molar-refractivity contribution is 7.88. The third kappa shape index (κ3) is 6.10. The number of aliphatic hydroxyl groups is 1. The Hall–Kier alpha value is -1.15. The van der Waals surface area contributed by atoms with Crippen LogP contribution in [-0.4, -0.2) is 74.4 Å². The molecule has 1 fully saturated rings. The van der Waals surface area contributed by atoms with Crippen molar-refractivity contribution < 1.29 is 18.3 Å². The molecule has 0 saturated carbocycles. The maximum Gasteiger partial charge on any atom is 0.211 e. The number of aryl methyl sites for hydroxylation is 1. The third-order valence-corrected chi connectivity index (χ3v) is 5.22.